The first-order valence-electron chi connectivity index (χ1n) is 8.40. The van der Waals surface area contributed by atoms with Crippen LogP contribution < -0.4 is 17.2 Å². The number of carbonyl (C=O) groups is 2. The van der Waals surface area contributed by atoms with E-state index in [1.165, 1.54) is 54.6 Å². The van der Waals surface area contributed by atoms with Crippen molar-refractivity contribution >= 4 is 17.5 Å². The van der Waals surface area contributed by atoms with Crippen molar-refractivity contribution in [3.63, 3.8) is 0 Å². The summed E-state index contributed by atoms with van der Waals surface area (Å²) in [5.41, 5.74) is 16.0. The summed E-state index contributed by atoms with van der Waals surface area (Å²) in [7, 11) is 0. The molecule has 0 radical (unpaired) electrons. The third-order valence-corrected chi connectivity index (χ3v) is 4.44. The third-order valence-electron chi connectivity index (χ3n) is 4.44. The molecule has 2 amide bonds. The van der Waals surface area contributed by atoms with Crippen molar-refractivity contribution in [3.8, 4) is 22.3 Å². The van der Waals surface area contributed by atoms with Gasteiger partial charge < -0.3 is 17.2 Å². The minimum Gasteiger partial charge on any atom is -0.399 e. The van der Waals surface area contributed by atoms with Gasteiger partial charge in [-0.3, -0.25) is 9.59 Å². The summed E-state index contributed by atoms with van der Waals surface area (Å²) in [5.74, 6) is -1.85. The molecule has 3 aromatic carbocycles. The van der Waals surface area contributed by atoms with E-state index in [2.05, 4.69) is 0 Å². The first-order chi connectivity index (χ1) is 13.6. The molecule has 3 rings (SSSR count). The van der Waals surface area contributed by atoms with Crippen molar-refractivity contribution in [3.05, 3.63) is 77.4 Å². The third kappa shape index (κ3) is 3.77. The van der Waals surface area contributed by atoms with Gasteiger partial charge in [0.15, 0.2) is 0 Å². The molecule has 0 atom stereocenters. The van der Waals surface area contributed by atoms with Crippen molar-refractivity contribution in [2.45, 2.75) is 6.18 Å². The van der Waals surface area contributed by atoms with Gasteiger partial charge in [-0.2, -0.15) is 13.2 Å². The Labute approximate surface area is 163 Å². The van der Waals surface area contributed by atoms with Crippen molar-refractivity contribution < 1.29 is 22.8 Å². The molecule has 0 saturated heterocycles. The molecule has 148 valence electrons. The Kier molecular flexibility index (Phi) is 5.02. The fraction of sp³-hybridized carbons (Fsp3) is 0.0476. The molecule has 6 N–H and O–H groups in total. The Balaban J connectivity index is 2.43. The van der Waals surface area contributed by atoms with Gasteiger partial charge in [-0.1, -0.05) is 36.4 Å². The van der Waals surface area contributed by atoms with Gasteiger partial charge in [0.25, 0.3) is 0 Å². The maximum absolute atomic E-state index is 13.5. The van der Waals surface area contributed by atoms with Crippen molar-refractivity contribution in [2.75, 3.05) is 5.73 Å². The summed E-state index contributed by atoms with van der Waals surface area (Å²) in [6, 6.07) is 13.4. The molecule has 3 aromatic rings. The normalized spacial score (nSPS) is 11.3. The number of hydrogen-bond acceptors (Lipinski definition) is 3. The predicted molar refractivity (Wildman–Crippen MR) is 104 cm³/mol. The SMILES string of the molecule is NC(=O)c1ccc(-c2ccccc2C(F)(F)F)c(C(N)=O)c1-c1ccc(N)cc1. The van der Waals surface area contributed by atoms with Gasteiger partial charge in [0.05, 0.1) is 11.1 Å². The van der Waals surface area contributed by atoms with E-state index in [4.69, 9.17) is 17.2 Å². The Bertz CT molecular complexity index is 1110. The maximum Gasteiger partial charge on any atom is 0.417 e. The van der Waals surface area contributed by atoms with E-state index < -0.39 is 23.6 Å². The van der Waals surface area contributed by atoms with Crippen molar-refractivity contribution in [2.24, 2.45) is 11.5 Å². The van der Waals surface area contributed by atoms with Crippen molar-refractivity contribution in [1.82, 2.24) is 0 Å². The minimum absolute atomic E-state index is 0.0446. The van der Waals surface area contributed by atoms with E-state index in [1.54, 1.807) is 0 Å². The molecule has 0 bridgehead atoms. The molecule has 0 aromatic heterocycles. The molecule has 0 aliphatic rings. The van der Waals surface area contributed by atoms with E-state index in [9.17, 15) is 22.8 Å². The van der Waals surface area contributed by atoms with Gasteiger partial charge in [-0.25, -0.2) is 0 Å². The maximum atomic E-state index is 13.5. The van der Waals surface area contributed by atoms with Crippen LogP contribution in [0.25, 0.3) is 22.3 Å². The molecular weight excluding hydrogens is 383 g/mol. The van der Waals surface area contributed by atoms with Gasteiger partial charge in [-0.05, 0) is 41.0 Å². The van der Waals surface area contributed by atoms with E-state index in [0.717, 1.165) is 6.07 Å². The molecule has 0 heterocycles. The van der Waals surface area contributed by atoms with E-state index >= 15 is 0 Å². The van der Waals surface area contributed by atoms with Crippen LogP contribution in [0.1, 0.15) is 26.3 Å². The Hall–Kier alpha value is -3.81. The summed E-state index contributed by atoms with van der Waals surface area (Å²) in [4.78, 5) is 24.3. The lowest BCUT2D eigenvalue weighted by molar-refractivity contribution is -0.137. The van der Waals surface area contributed by atoms with Gasteiger partial charge in [0.2, 0.25) is 11.8 Å². The number of anilines is 1. The largest absolute Gasteiger partial charge is 0.417 e. The molecule has 8 heteroatoms. The first kappa shape index (κ1) is 19.9. The van der Waals surface area contributed by atoms with Crippen LogP contribution in [0.4, 0.5) is 18.9 Å². The second-order valence-corrected chi connectivity index (χ2v) is 6.30. The lowest BCUT2D eigenvalue weighted by Crippen LogP contribution is -2.20. The number of primary amides is 2. The second kappa shape index (κ2) is 7.31. The zero-order valence-corrected chi connectivity index (χ0v) is 15.0. The summed E-state index contributed by atoms with van der Waals surface area (Å²) < 4.78 is 40.6. The van der Waals surface area contributed by atoms with Gasteiger partial charge in [0.1, 0.15) is 0 Å². The lowest BCUT2D eigenvalue weighted by Gasteiger charge is -2.19. The molecule has 0 aliphatic heterocycles. The highest BCUT2D eigenvalue weighted by Crippen LogP contribution is 2.41. The molecular formula is C21H16F3N3O2. The van der Waals surface area contributed by atoms with Crippen LogP contribution in [0.2, 0.25) is 0 Å². The number of benzene rings is 3. The summed E-state index contributed by atoms with van der Waals surface area (Å²) in [6.45, 7) is 0. The molecule has 0 aliphatic carbocycles. The number of alkyl halides is 3. The Morgan fingerprint density at radius 1 is 0.759 bits per heavy atom. The molecule has 5 nitrogen and oxygen atoms in total. The highest BCUT2D eigenvalue weighted by Gasteiger charge is 2.34. The molecule has 0 spiro atoms. The average molecular weight is 399 g/mol. The first-order valence-corrected chi connectivity index (χ1v) is 8.40. The number of halogens is 3. The van der Waals surface area contributed by atoms with Gasteiger partial charge >= 0.3 is 6.18 Å². The quantitative estimate of drug-likeness (QED) is 0.580. The standard InChI is InChI=1S/C21H16F3N3O2/c22-21(23,24)16-4-2-1-3-13(16)14-9-10-15(19(26)28)17(18(14)20(27)29)11-5-7-12(25)8-6-11/h1-10H,25H2,(H2,26,28)(H2,27,29). The zero-order chi connectivity index (χ0) is 21.3. The Morgan fingerprint density at radius 2 is 1.38 bits per heavy atom. The fourth-order valence-electron chi connectivity index (χ4n) is 3.20. The van der Waals surface area contributed by atoms with Crippen LogP contribution in [0.5, 0.6) is 0 Å². The van der Waals surface area contributed by atoms with Crippen LogP contribution in [-0.4, -0.2) is 11.8 Å². The monoisotopic (exact) mass is 399 g/mol. The van der Waals surface area contributed by atoms with Gasteiger partial charge in [0, 0.05) is 16.8 Å². The number of nitrogen functional groups attached to an aromatic ring is 1. The lowest BCUT2D eigenvalue weighted by atomic mass is 9.86. The number of nitrogens with two attached hydrogens (primary N) is 3. The molecule has 0 saturated carbocycles. The molecule has 0 fully saturated rings. The van der Waals surface area contributed by atoms with Crippen LogP contribution >= 0.6 is 0 Å². The van der Waals surface area contributed by atoms with E-state index in [-0.39, 0.29) is 27.8 Å². The van der Waals surface area contributed by atoms with Crippen LogP contribution in [-0.2, 0) is 6.18 Å². The van der Waals surface area contributed by atoms with Crippen LogP contribution in [0.15, 0.2) is 60.7 Å². The van der Waals surface area contributed by atoms with Crippen LogP contribution in [0, 0.1) is 0 Å². The number of carbonyl (C=O) groups excluding carboxylic acids is 2. The minimum atomic E-state index is -4.66. The predicted octanol–water partition coefficient (Wildman–Crippen LogP) is 3.82. The number of rotatable bonds is 4. The zero-order valence-electron chi connectivity index (χ0n) is 15.0. The highest BCUT2D eigenvalue weighted by molar-refractivity contribution is 6.12. The highest BCUT2D eigenvalue weighted by atomic mass is 19.4. The number of amides is 2. The van der Waals surface area contributed by atoms with Crippen LogP contribution in [0.3, 0.4) is 0 Å². The molecule has 0 unspecified atom stereocenters. The Morgan fingerprint density at radius 3 is 1.93 bits per heavy atom. The van der Waals surface area contributed by atoms with E-state index in [1.807, 2.05) is 0 Å². The summed E-state index contributed by atoms with van der Waals surface area (Å²) in [6.07, 6.45) is -4.66. The second-order valence-electron chi connectivity index (χ2n) is 6.30. The summed E-state index contributed by atoms with van der Waals surface area (Å²) in [5, 5.41) is 0. The smallest absolute Gasteiger partial charge is 0.399 e. The van der Waals surface area contributed by atoms with Crippen molar-refractivity contribution in [1.29, 1.82) is 0 Å². The summed E-state index contributed by atoms with van der Waals surface area (Å²) >= 11 is 0. The number of hydrogen-bond donors (Lipinski definition) is 3. The average Bonchev–Trinajstić information content (AvgIpc) is 2.66. The topological polar surface area (TPSA) is 112 Å². The fourth-order valence-corrected chi connectivity index (χ4v) is 3.20. The van der Waals surface area contributed by atoms with Gasteiger partial charge in [-0.15, -0.1) is 0 Å². The van der Waals surface area contributed by atoms with E-state index in [0.29, 0.717) is 11.3 Å². The molecule has 29 heavy (non-hydrogen) atoms.